The van der Waals surface area contributed by atoms with Crippen LogP contribution in [0.2, 0.25) is 5.02 Å². The van der Waals surface area contributed by atoms with Crippen LogP contribution in [0.15, 0.2) is 46.6 Å². The van der Waals surface area contributed by atoms with Crippen molar-refractivity contribution in [2.75, 3.05) is 36.8 Å². The van der Waals surface area contributed by atoms with E-state index in [1.165, 1.54) is 11.8 Å². The first-order valence-electron chi connectivity index (χ1n) is 9.59. The maximum Gasteiger partial charge on any atom is 0.417 e. The van der Waals surface area contributed by atoms with Crippen molar-refractivity contribution in [1.29, 1.82) is 0 Å². The van der Waals surface area contributed by atoms with Gasteiger partial charge in [0.2, 0.25) is 5.91 Å². The number of nitrogens with zero attached hydrogens (tertiary/aromatic N) is 6. The van der Waals surface area contributed by atoms with Gasteiger partial charge in [-0.15, -0.1) is 10.2 Å². The van der Waals surface area contributed by atoms with Gasteiger partial charge in [-0.05, 0) is 18.2 Å². The van der Waals surface area contributed by atoms with Crippen molar-refractivity contribution in [2.45, 2.75) is 17.9 Å². The lowest BCUT2D eigenvalue weighted by molar-refractivity contribution is -0.137. The maximum atomic E-state index is 12.8. The molecule has 0 radical (unpaired) electrons. The number of furan rings is 1. The molecule has 3 aromatic rings. The smallest absolute Gasteiger partial charge is 0.417 e. The highest BCUT2D eigenvalue weighted by Crippen LogP contribution is 2.33. The Balaban J connectivity index is 1.30. The molecule has 1 aliphatic rings. The number of thioether (sulfide) groups is 1. The van der Waals surface area contributed by atoms with Crippen LogP contribution in [0.3, 0.4) is 0 Å². The van der Waals surface area contributed by atoms with Gasteiger partial charge in [0, 0.05) is 32.4 Å². The van der Waals surface area contributed by atoms with Gasteiger partial charge in [0.05, 0.1) is 29.1 Å². The Morgan fingerprint density at radius 1 is 1.25 bits per heavy atom. The first-order chi connectivity index (χ1) is 15.3. The SMILES string of the molecule is O=C(CSc1nncn1Cc1ccco1)N1CCN(c2ncc(C(F)(F)F)cc2Cl)CC1. The van der Waals surface area contributed by atoms with E-state index in [1.54, 1.807) is 33.0 Å². The van der Waals surface area contributed by atoms with Crippen LogP contribution in [0.4, 0.5) is 19.0 Å². The number of rotatable bonds is 6. The van der Waals surface area contributed by atoms with Crippen LogP contribution in [0.5, 0.6) is 0 Å². The van der Waals surface area contributed by atoms with Crippen molar-refractivity contribution in [3.63, 3.8) is 0 Å². The van der Waals surface area contributed by atoms with E-state index in [4.69, 9.17) is 16.0 Å². The molecule has 0 aromatic carbocycles. The van der Waals surface area contributed by atoms with Crippen LogP contribution in [0.1, 0.15) is 11.3 Å². The number of carbonyl (C=O) groups is 1. The number of anilines is 1. The average molecular weight is 487 g/mol. The first-order valence-corrected chi connectivity index (χ1v) is 11.0. The summed E-state index contributed by atoms with van der Waals surface area (Å²) in [7, 11) is 0. The summed E-state index contributed by atoms with van der Waals surface area (Å²) < 4.78 is 45.5. The Morgan fingerprint density at radius 2 is 2.03 bits per heavy atom. The predicted octanol–water partition coefficient (Wildman–Crippen LogP) is 3.43. The molecule has 0 bridgehead atoms. The van der Waals surface area contributed by atoms with Crippen molar-refractivity contribution in [1.82, 2.24) is 24.6 Å². The molecule has 4 heterocycles. The van der Waals surface area contributed by atoms with Gasteiger partial charge in [-0.2, -0.15) is 13.2 Å². The second kappa shape index (κ2) is 9.41. The van der Waals surface area contributed by atoms with Crippen molar-refractivity contribution < 1.29 is 22.4 Å². The van der Waals surface area contributed by atoms with Crippen LogP contribution in [0.25, 0.3) is 0 Å². The normalized spacial score (nSPS) is 14.8. The minimum atomic E-state index is -4.50. The zero-order valence-corrected chi connectivity index (χ0v) is 18.2. The molecular weight excluding hydrogens is 469 g/mol. The number of carbonyl (C=O) groups excluding carboxylic acids is 1. The lowest BCUT2D eigenvalue weighted by atomic mass is 10.2. The van der Waals surface area contributed by atoms with Crippen LogP contribution in [-0.2, 0) is 17.5 Å². The summed E-state index contributed by atoms with van der Waals surface area (Å²) in [6, 6.07) is 4.51. The molecule has 170 valence electrons. The van der Waals surface area contributed by atoms with E-state index in [9.17, 15) is 18.0 Å². The number of aromatic nitrogens is 4. The number of piperazine rings is 1. The van der Waals surface area contributed by atoms with Crippen LogP contribution >= 0.6 is 23.4 Å². The molecular formula is C19H18ClF3N6O2S. The number of hydrogen-bond donors (Lipinski definition) is 0. The number of amides is 1. The summed E-state index contributed by atoms with van der Waals surface area (Å²) in [5.41, 5.74) is -0.892. The van der Waals surface area contributed by atoms with Crippen LogP contribution in [-0.4, -0.2) is 62.5 Å². The lowest BCUT2D eigenvalue weighted by Crippen LogP contribution is -2.49. The Morgan fingerprint density at radius 3 is 2.69 bits per heavy atom. The summed E-state index contributed by atoms with van der Waals surface area (Å²) in [4.78, 5) is 20.0. The zero-order chi connectivity index (χ0) is 22.7. The van der Waals surface area contributed by atoms with Crippen molar-refractivity contribution in [3.8, 4) is 0 Å². The highest BCUT2D eigenvalue weighted by molar-refractivity contribution is 7.99. The van der Waals surface area contributed by atoms with Crippen LogP contribution < -0.4 is 4.90 Å². The molecule has 0 aliphatic carbocycles. The lowest BCUT2D eigenvalue weighted by Gasteiger charge is -2.35. The second-order valence-electron chi connectivity index (χ2n) is 7.00. The molecule has 1 saturated heterocycles. The van der Waals surface area contributed by atoms with E-state index in [-0.39, 0.29) is 22.5 Å². The summed E-state index contributed by atoms with van der Waals surface area (Å²) in [6.45, 7) is 2.14. The molecule has 13 heteroatoms. The number of hydrogen-bond acceptors (Lipinski definition) is 7. The fourth-order valence-corrected chi connectivity index (χ4v) is 4.34. The van der Waals surface area contributed by atoms with E-state index in [2.05, 4.69) is 15.2 Å². The van der Waals surface area contributed by atoms with E-state index < -0.39 is 11.7 Å². The standard InChI is InChI=1S/C19H18ClF3N6O2S/c20-15-8-13(19(21,22)23)9-24-17(15)28-5-3-27(4-6-28)16(30)11-32-18-26-25-12-29(18)10-14-2-1-7-31-14/h1-2,7-9,12H,3-6,10-11H2. The fraction of sp³-hybridized carbons (Fsp3) is 0.368. The largest absolute Gasteiger partial charge is 0.467 e. The molecule has 1 fully saturated rings. The van der Waals surface area contributed by atoms with E-state index in [0.29, 0.717) is 37.9 Å². The number of halogens is 4. The molecule has 0 saturated carbocycles. The maximum absolute atomic E-state index is 12.8. The van der Waals surface area contributed by atoms with E-state index in [0.717, 1.165) is 18.0 Å². The third-order valence-electron chi connectivity index (χ3n) is 4.89. The third-order valence-corrected chi connectivity index (χ3v) is 6.14. The molecule has 4 rings (SSSR count). The Labute approximate surface area is 190 Å². The predicted molar refractivity (Wildman–Crippen MR) is 112 cm³/mol. The number of pyridine rings is 1. The highest BCUT2D eigenvalue weighted by Gasteiger charge is 2.32. The van der Waals surface area contributed by atoms with Crippen molar-refractivity contribution >= 4 is 35.1 Å². The zero-order valence-electron chi connectivity index (χ0n) is 16.6. The third kappa shape index (κ3) is 5.18. The number of alkyl halides is 3. The van der Waals surface area contributed by atoms with E-state index >= 15 is 0 Å². The Kier molecular flexibility index (Phi) is 6.60. The monoisotopic (exact) mass is 486 g/mol. The van der Waals surface area contributed by atoms with Crippen LogP contribution in [0, 0.1) is 0 Å². The average Bonchev–Trinajstić information content (AvgIpc) is 3.44. The minimum Gasteiger partial charge on any atom is -0.467 e. The molecule has 32 heavy (non-hydrogen) atoms. The van der Waals surface area contributed by atoms with Crippen molar-refractivity contribution in [3.05, 3.63) is 53.3 Å². The molecule has 8 nitrogen and oxygen atoms in total. The Bertz CT molecular complexity index is 1070. The van der Waals surface area contributed by atoms with Gasteiger partial charge in [-0.1, -0.05) is 23.4 Å². The molecule has 3 aromatic heterocycles. The molecule has 1 aliphatic heterocycles. The summed E-state index contributed by atoms with van der Waals surface area (Å²) >= 11 is 7.31. The molecule has 0 N–H and O–H groups in total. The van der Waals surface area contributed by atoms with Gasteiger partial charge in [0.25, 0.3) is 0 Å². The minimum absolute atomic E-state index is 0.0614. The van der Waals surface area contributed by atoms with Gasteiger partial charge in [0.1, 0.15) is 17.9 Å². The van der Waals surface area contributed by atoms with Gasteiger partial charge < -0.3 is 18.8 Å². The first kappa shape index (κ1) is 22.5. The molecule has 0 unspecified atom stereocenters. The molecule has 0 spiro atoms. The quantitative estimate of drug-likeness (QED) is 0.494. The van der Waals surface area contributed by atoms with Gasteiger partial charge in [-0.25, -0.2) is 4.98 Å². The molecule has 1 amide bonds. The second-order valence-corrected chi connectivity index (χ2v) is 8.35. The summed E-state index contributed by atoms with van der Waals surface area (Å²) in [5.74, 6) is 1.17. The fourth-order valence-electron chi connectivity index (χ4n) is 3.24. The van der Waals surface area contributed by atoms with Gasteiger partial charge in [0.15, 0.2) is 5.16 Å². The summed E-state index contributed by atoms with van der Waals surface area (Å²) in [5, 5.41) is 8.49. The van der Waals surface area contributed by atoms with Crippen molar-refractivity contribution in [2.24, 2.45) is 0 Å². The highest BCUT2D eigenvalue weighted by atomic mass is 35.5. The summed E-state index contributed by atoms with van der Waals surface area (Å²) in [6.07, 6.45) is -0.563. The van der Waals surface area contributed by atoms with Gasteiger partial charge in [-0.3, -0.25) is 4.79 Å². The van der Waals surface area contributed by atoms with E-state index in [1.807, 2.05) is 6.07 Å². The molecule has 0 atom stereocenters. The van der Waals surface area contributed by atoms with Gasteiger partial charge >= 0.3 is 6.18 Å². The topological polar surface area (TPSA) is 80.3 Å². The Hall–Kier alpha value is -2.73.